The van der Waals surface area contributed by atoms with Gasteiger partial charge in [0.05, 0.1) is 35.7 Å². The Morgan fingerprint density at radius 3 is 2.59 bits per heavy atom. The highest BCUT2D eigenvalue weighted by molar-refractivity contribution is 6.02. The number of ether oxygens (including phenoxy) is 1. The van der Waals surface area contributed by atoms with Crippen LogP contribution in [0.2, 0.25) is 0 Å². The lowest BCUT2D eigenvalue weighted by atomic mass is 10.1. The molecule has 0 atom stereocenters. The zero-order chi connectivity index (χ0) is 19.8. The molecular weight excluding hydrogens is 346 g/mol. The van der Waals surface area contributed by atoms with Crippen LogP contribution < -0.4 is 26.4 Å². The molecule has 2 aromatic carbocycles. The maximum atomic E-state index is 12.5. The predicted octanol–water partition coefficient (Wildman–Crippen LogP) is 1.86. The molecule has 2 rings (SSSR count). The number of hydrogen-bond donors (Lipinski definition) is 3. The van der Waals surface area contributed by atoms with E-state index in [0.717, 1.165) is 0 Å². The maximum absolute atomic E-state index is 12.5. The summed E-state index contributed by atoms with van der Waals surface area (Å²) in [5.74, 6) is 0.0107. The van der Waals surface area contributed by atoms with Crippen LogP contribution in [0, 0.1) is 11.3 Å². The quantitative estimate of drug-likeness (QED) is 0.642. The third kappa shape index (κ3) is 4.74. The van der Waals surface area contributed by atoms with Crippen molar-refractivity contribution in [3.63, 3.8) is 0 Å². The topological polar surface area (TPSA) is 134 Å². The summed E-state index contributed by atoms with van der Waals surface area (Å²) in [7, 11) is 1.45. The standard InChI is InChI=1S/C19H21N5O3/c1-27-17-7-6-15(11-16(17)18(25)23-9-3-8-20)24(19(22)26)14-5-2-4-13(10-14)12-21/h2,4-7,10-11H,3,8-9,20H2,1H3,(H2,22,26)(H,23,25). The summed E-state index contributed by atoms with van der Waals surface area (Å²) in [6.45, 7) is 0.884. The molecule has 8 nitrogen and oxygen atoms in total. The van der Waals surface area contributed by atoms with Gasteiger partial charge in [-0.1, -0.05) is 6.07 Å². The molecule has 3 amide bonds. The molecule has 2 aromatic rings. The van der Waals surface area contributed by atoms with Crippen LogP contribution in [-0.4, -0.2) is 32.1 Å². The lowest BCUT2D eigenvalue weighted by Gasteiger charge is -2.22. The third-order valence-electron chi connectivity index (χ3n) is 3.81. The summed E-state index contributed by atoms with van der Waals surface area (Å²) in [6.07, 6.45) is 0.641. The second-order valence-corrected chi connectivity index (χ2v) is 5.62. The normalized spacial score (nSPS) is 9.96. The molecule has 0 saturated carbocycles. The van der Waals surface area contributed by atoms with E-state index in [1.807, 2.05) is 6.07 Å². The number of benzene rings is 2. The largest absolute Gasteiger partial charge is 0.496 e. The van der Waals surface area contributed by atoms with Crippen molar-refractivity contribution in [3.05, 3.63) is 53.6 Å². The Morgan fingerprint density at radius 1 is 1.22 bits per heavy atom. The molecule has 0 unspecified atom stereocenters. The lowest BCUT2D eigenvalue weighted by molar-refractivity contribution is 0.0950. The van der Waals surface area contributed by atoms with E-state index in [1.54, 1.807) is 30.3 Å². The Hall–Kier alpha value is -3.57. The molecule has 27 heavy (non-hydrogen) atoms. The fraction of sp³-hybridized carbons (Fsp3) is 0.211. The summed E-state index contributed by atoms with van der Waals surface area (Å²) >= 11 is 0. The van der Waals surface area contributed by atoms with Gasteiger partial charge in [0.25, 0.3) is 5.91 Å². The van der Waals surface area contributed by atoms with Gasteiger partial charge in [-0.3, -0.25) is 9.69 Å². The maximum Gasteiger partial charge on any atom is 0.323 e. The highest BCUT2D eigenvalue weighted by atomic mass is 16.5. The number of anilines is 2. The summed E-state index contributed by atoms with van der Waals surface area (Å²) in [6, 6.07) is 12.4. The van der Waals surface area contributed by atoms with Crippen LogP contribution >= 0.6 is 0 Å². The SMILES string of the molecule is COc1ccc(N(C(N)=O)c2cccc(C#N)c2)cc1C(=O)NCCCN. The van der Waals surface area contributed by atoms with E-state index in [9.17, 15) is 9.59 Å². The molecule has 0 aliphatic carbocycles. The van der Waals surface area contributed by atoms with Gasteiger partial charge in [0.15, 0.2) is 0 Å². The Morgan fingerprint density at radius 2 is 1.96 bits per heavy atom. The van der Waals surface area contributed by atoms with Crippen LogP contribution in [-0.2, 0) is 0 Å². The van der Waals surface area contributed by atoms with E-state index in [1.165, 1.54) is 24.1 Å². The Bertz CT molecular complexity index is 876. The Balaban J connectivity index is 2.45. The molecule has 8 heteroatoms. The zero-order valence-corrected chi connectivity index (χ0v) is 14.9. The number of nitrogens with one attached hydrogen (secondary N) is 1. The minimum absolute atomic E-state index is 0.259. The summed E-state index contributed by atoms with van der Waals surface area (Å²) in [5.41, 5.74) is 12.4. The second-order valence-electron chi connectivity index (χ2n) is 5.62. The van der Waals surface area contributed by atoms with Gasteiger partial charge in [-0.25, -0.2) is 4.79 Å². The number of nitrogens with zero attached hydrogens (tertiary/aromatic N) is 2. The van der Waals surface area contributed by atoms with Crippen molar-refractivity contribution < 1.29 is 14.3 Å². The monoisotopic (exact) mass is 367 g/mol. The number of hydrogen-bond acceptors (Lipinski definition) is 5. The average Bonchev–Trinajstić information content (AvgIpc) is 2.68. The van der Waals surface area contributed by atoms with Crippen LogP contribution in [0.4, 0.5) is 16.2 Å². The second kappa shape index (κ2) is 9.22. The van der Waals surface area contributed by atoms with Crippen LogP contribution in [0.3, 0.4) is 0 Å². The smallest absolute Gasteiger partial charge is 0.323 e. The third-order valence-corrected chi connectivity index (χ3v) is 3.81. The minimum atomic E-state index is -0.746. The summed E-state index contributed by atoms with van der Waals surface area (Å²) in [5, 5.41) is 11.8. The first-order chi connectivity index (χ1) is 13.0. The number of urea groups is 1. The number of carbonyl (C=O) groups excluding carboxylic acids is 2. The van der Waals surface area contributed by atoms with Gasteiger partial charge in [-0.05, 0) is 49.4 Å². The Labute approximate surface area is 157 Å². The zero-order valence-electron chi connectivity index (χ0n) is 14.9. The summed E-state index contributed by atoms with van der Waals surface area (Å²) in [4.78, 5) is 25.8. The van der Waals surface area contributed by atoms with Gasteiger partial charge in [0.2, 0.25) is 0 Å². The van der Waals surface area contributed by atoms with E-state index < -0.39 is 6.03 Å². The molecule has 0 aliphatic heterocycles. The number of nitriles is 1. The molecule has 0 aromatic heterocycles. The number of rotatable bonds is 7. The van der Waals surface area contributed by atoms with Gasteiger partial charge >= 0.3 is 6.03 Å². The molecule has 140 valence electrons. The molecule has 0 radical (unpaired) electrons. The molecule has 0 fully saturated rings. The van der Waals surface area contributed by atoms with Crippen LogP contribution in [0.1, 0.15) is 22.3 Å². The summed E-state index contributed by atoms with van der Waals surface area (Å²) < 4.78 is 5.25. The van der Waals surface area contributed by atoms with Crippen molar-refractivity contribution >= 4 is 23.3 Å². The lowest BCUT2D eigenvalue weighted by Crippen LogP contribution is -2.32. The van der Waals surface area contributed by atoms with E-state index in [-0.39, 0.29) is 11.5 Å². The fourth-order valence-electron chi connectivity index (χ4n) is 2.53. The first-order valence-corrected chi connectivity index (χ1v) is 8.27. The van der Waals surface area contributed by atoms with Crippen molar-refractivity contribution in [2.24, 2.45) is 11.5 Å². The number of methoxy groups -OCH3 is 1. The average molecular weight is 367 g/mol. The van der Waals surface area contributed by atoms with Crippen molar-refractivity contribution in [1.82, 2.24) is 5.32 Å². The van der Waals surface area contributed by atoms with Crippen molar-refractivity contribution in [1.29, 1.82) is 5.26 Å². The number of carbonyl (C=O) groups is 2. The van der Waals surface area contributed by atoms with E-state index in [4.69, 9.17) is 21.5 Å². The van der Waals surface area contributed by atoms with Gasteiger partial charge < -0.3 is 21.5 Å². The van der Waals surface area contributed by atoms with Gasteiger partial charge in [-0.15, -0.1) is 0 Å². The molecular formula is C19H21N5O3. The first kappa shape index (κ1) is 19.8. The molecule has 0 saturated heterocycles. The van der Waals surface area contributed by atoms with Crippen molar-refractivity contribution in [2.75, 3.05) is 25.1 Å². The molecule has 0 spiro atoms. The van der Waals surface area contributed by atoms with Crippen LogP contribution in [0.15, 0.2) is 42.5 Å². The first-order valence-electron chi connectivity index (χ1n) is 8.27. The molecule has 0 heterocycles. The molecule has 0 aliphatic rings. The number of primary amides is 1. The van der Waals surface area contributed by atoms with E-state index in [2.05, 4.69) is 5.32 Å². The molecule has 0 bridgehead atoms. The Kier molecular flexibility index (Phi) is 6.74. The van der Waals surface area contributed by atoms with Crippen molar-refractivity contribution in [3.8, 4) is 11.8 Å². The van der Waals surface area contributed by atoms with Crippen molar-refractivity contribution in [2.45, 2.75) is 6.42 Å². The predicted molar refractivity (Wildman–Crippen MR) is 102 cm³/mol. The van der Waals surface area contributed by atoms with Crippen LogP contribution in [0.5, 0.6) is 5.75 Å². The van der Waals surface area contributed by atoms with Crippen LogP contribution in [0.25, 0.3) is 0 Å². The van der Waals surface area contributed by atoms with Gasteiger partial charge in [0, 0.05) is 6.54 Å². The van der Waals surface area contributed by atoms with E-state index >= 15 is 0 Å². The van der Waals surface area contributed by atoms with Gasteiger partial charge in [-0.2, -0.15) is 5.26 Å². The minimum Gasteiger partial charge on any atom is -0.496 e. The molecule has 5 N–H and O–H groups in total. The highest BCUT2D eigenvalue weighted by Crippen LogP contribution is 2.30. The fourth-order valence-corrected chi connectivity index (χ4v) is 2.53. The number of nitrogens with two attached hydrogens (primary N) is 2. The highest BCUT2D eigenvalue weighted by Gasteiger charge is 2.20. The van der Waals surface area contributed by atoms with E-state index in [0.29, 0.717) is 42.2 Å². The van der Waals surface area contributed by atoms with Gasteiger partial charge in [0.1, 0.15) is 5.75 Å². The number of amides is 3.